The highest BCUT2D eigenvalue weighted by molar-refractivity contribution is 5.13. The summed E-state index contributed by atoms with van der Waals surface area (Å²) in [6.07, 6.45) is 0. The van der Waals surface area contributed by atoms with Crippen molar-refractivity contribution in [3.8, 4) is 0 Å². The van der Waals surface area contributed by atoms with Gasteiger partial charge in [0.25, 0.3) is 0 Å². The van der Waals surface area contributed by atoms with E-state index < -0.39 is 0 Å². The van der Waals surface area contributed by atoms with Crippen LogP contribution in [0.3, 0.4) is 0 Å². The zero-order valence-electron chi connectivity index (χ0n) is 8.84. The van der Waals surface area contributed by atoms with Crippen molar-refractivity contribution < 1.29 is 4.74 Å². The number of rotatable bonds is 6. The second-order valence-electron chi connectivity index (χ2n) is 3.52. The lowest BCUT2D eigenvalue weighted by Crippen LogP contribution is -2.08. The van der Waals surface area contributed by atoms with E-state index in [2.05, 4.69) is 10.0 Å². The van der Waals surface area contributed by atoms with Gasteiger partial charge < -0.3 is 4.74 Å². The first-order valence-corrected chi connectivity index (χ1v) is 4.95. The maximum Gasteiger partial charge on any atom is 0.0717 e. The summed E-state index contributed by atoms with van der Waals surface area (Å²) in [4.78, 5) is 2.71. The molecule has 80 valence electrons. The fourth-order valence-corrected chi connectivity index (χ4v) is 1.18. The second-order valence-corrected chi connectivity index (χ2v) is 3.52. The molecule has 1 aromatic rings. The van der Waals surface area contributed by atoms with E-state index in [0.717, 1.165) is 5.56 Å². The Morgan fingerprint density at radius 1 is 1.40 bits per heavy atom. The molecule has 0 bridgehead atoms. The van der Waals surface area contributed by atoms with Gasteiger partial charge in [0.05, 0.1) is 6.61 Å². The summed E-state index contributed by atoms with van der Waals surface area (Å²) in [6, 6.07) is 10.0. The normalized spacial score (nSPS) is 11.8. The van der Waals surface area contributed by atoms with E-state index in [4.69, 9.17) is 10.3 Å². The third-order valence-electron chi connectivity index (χ3n) is 1.97. The monoisotopic (exact) mass is 205 g/mol. The molecule has 15 heavy (non-hydrogen) atoms. The number of nitrogens with zero attached hydrogens (tertiary/aromatic N) is 3. The van der Waals surface area contributed by atoms with E-state index in [1.165, 1.54) is 0 Å². The Bertz CT molecular complexity index is 320. The lowest BCUT2D eigenvalue weighted by Gasteiger charge is -2.08. The van der Waals surface area contributed by atoms with Gasteiger partial charge >= 0.3 is 0 Å². The Hall–Kier alpha value is -1.51. The van der Waals surface area contributed by atoms with Crippen molar-refractivity contribution in [2.75, 3.05) is 13.2 Å². The van der Waals surface area contributed by atoms with Gasteiger partial charge in [0.15, 0.2) is 0 Å². The molecule has 0 N–H and O–H groups in total. The van der Waals surface area contributed by atoms with Crippen LogP contribution in [0.1, 0.15) is 12.5 Å². The van der Waals surface area contributed by atoms with Gasteiger partial charge in [-0.3, -0.25) is 0 Å². The van der Waals surface area contributed by atoms with E-state index in [9.17, 15) is 0 Å². The van der Waals surface area contributed by atoms with E-state index in [-0.39, 0.29) is 5.92 Å². The molecule has 1 aromatic carbocycles. The topological polar surface area (TPSA) is 58.0 Å². The first-order valence-electron chi connectivity index (χ1n) is 4.95. The molecule has 0 amide bonds. The highest BCUT2D eigenvalue weighted by Crippen LogP contribution is 2.03. The minimum atomic E-state index is 0.268. The average Bonchev–Trinajstić information content (AvgIpc) is 2.28. The van der Waals surface area contributed by atoms with Crippen LogP contribution >= 0.6 is 0 Å². The molecular formula is C11H15N3O. The second kappa shape index (κ2) is 6.87. The number of azide groups is 1. The van der Waals surface area contributed by atoms with Crippen molar-refractivity contribution in [2.45, 2.75) is 13.5 Å². The molecule has 0 aliphatic heterocycles. The van der Waals surface area contributed by atoms with E-state index in [1.54, 1.807) is 0 Å². The molecular weight excluding hydrogens is 190 g/mol. The van der Waals surface area contributed by atoms with Crippen LogP contribution in [0.15, 0.2) is 35.4 Å². The third kappa shape index (κ3) is 5.05. The Morgan fingerprint density at radius 3 is 2.80 bits per heavy atom. The Morgan fingerprint density at radius 2 is 2.13 bits per heavy atom. The molecule has 0 spiro atoms. The Labute approximate surface area is 89.5 Å². The van der Waals surface area contributed by atoms with Crippen LogP contribution in [-0.4, -0.2) is 13.2 Å². The minimum absolute atomic E-state index is 0.268. The van der Waals surface area contributed by atoms with Gasteiger partial charge in [0.2, 0.25) is 0 Å². The lowest BCUT2D eigenvalue weighted by atomic mass is 10.2. The molecule has 1 unspecified atom stereocenters. The largest absolute Gasteiger partial charge is 0.376 e. The highest BCUT2D eigenvalue weighted by atomic mass is 16.5. The van der Waals surface area contributed by atoms with Crippen LogP contribution in [-0.2, 0) is 11.3 Å². The molecule has 4 heteroatoms. The fourth-order valence-electron chi connectivity index (χ4n) is 1.18. The van der Waals surface area contributed by atoms with Crippen molar-refractivity contribution in [3.05, 3.63) is 46.3 Å². The standard InChI is InChI=1S/C11H15N3O/c1-10(7-13-14-12)8-15-9-11-5-3-2-4-6-11/h2-6,10H,7-9H2,1H3. The van der Waals surface area contributed by atoms with Gasteiger partial charge in [-0.1, -0.05) is 42.4 Å². The van der Waals surface area contributed by atoms with Gasteiger partial charge in [0.1, 0.15) is 0 Å². The highest BCUT2D eigenvalue weighted by Gasteiger charge is 2.00. The average molecular weight is 205 g/mol. The maximum absolute atomic E-state index is 8.14. The van der Waals surface area contributed by atoms with Crippen molar-refractivity contribution in [3.63, 3.8) is 0 Å². The van der Waals surface area contributed by atoms with Gasteiger partial charge in [-0.25, -0.2) is 0 Å². The van der Waals surface area contributed by atoms with Gasteiger partial charge in [0, 0.05) is 18.1 Å². The quantitative estimate of drug-likeness (QED) is 0.400. The van der Waals surface area contributed by atoms with E-state index in [0.29, 0.717) is 19.8 Å². The predicted molar refractivity (Wildman–Crippen MR) is 59.3 cm³/mol. The molecule has 0 fully saturated rings. The fraction of sp³-hybridized carbons (Fsp3) is 0.455. The number of ether oxygens (including phenoxy) is 1. The van der Waals surface area contributed by atoms with Crippen molar-refractivity contribution in [2.24, 2.45) is 11.0 Å². The van der Waals surface area contributed by atoms with Gasteiger partial charge in [-0.2, -0.15) is 0 Å². The van der Waals surface area contributed by atoms with Gasteiger partial charge in [-0.05, 0) is 17.0 Å². The van der Waals surface area contributed by atoms with Crippen LogP contribution in [0.25, 0.3) is 10.4 Å². The molecule has 0 saturated heterocycles. The number of hydrogen-bond acceptors (Lipinski definition) is 2. The molecule has 0 heterocycles. The number of benzene rings is 1. The molecule has 4 nitrogen and oxygen atoms in total. The molecule has 1 atom stereocenters. The zero-order valence-corrected chi connectivity index (χ0v) is 8.84. The molecule has 0 aliphatic rings. The number of hydrogen-bond donors (Lipinski definition) is 0. The summed E-state index contributed by atoms with van der Waals surface area (Å²) in [5.74, 6) is 0.268. The Balaban J connectivity index is 2.19. The van der Waals surface area contributed by atoms with Crippen LogP contribution in [0.4, 0.5) is 0 Å². The van der Waals surface area contributed by atoms with Crippen LogP contribution < -0.4 is 0 Å². The molecule has 0 aliphatic carbocycles. The third-order valence-corrected chi connectivity index (χ3v) is 1.97. The molecule has 1 rings (SSSR count). The minimum Gasteiger partial charge on any atom is -0.376 e. The van der Waals surface area contributed by atoms with Gasteiger partial charge in [-0.15, -0.1) is 0 Å². The molecule has 0 radical (unpaired) electrons. The maximum atomic E-state index is 8.14. The van der Waals surface area contributed by atoms with Crippen LogP contribution in [0.5, 0.6) is 0 Å². The Kier molecular flexibility index (Phi) is 5.30. The smallest absolute Gasteiger partial charge is 0.0717 e. The zero-order chi connectivity index (χ0) is 10.9. The summed E-state index contributed by atoms with van der Waals surface area (Å²) in [5.41, 5.74) is 9.30. The van der Waals surface area contributed by atoms with E-state index >= 15 is 0 Å². The summed E-state index contributed by atoms with van der Waals surface area (Å²) < 4.78 is 5.50. The first kappa shape index (κ1) is 11.6. The SMILES string of the molecule is CC(CN=[N+]=[N-])COCc1ccccc1. The van der Waals surface area contributed by atoms with Crippen molar-refractivity contribution in [1.82, 2.24) is 0 Å². The first-order chi connectivity index (χ1) is 7.33. The summed E-state index contributed by atoms with van der Waals surface area (Å²) in [7, 11) is 0. The summed E-state index contributed by atoms with van der Waals surface area (Å²) >= 11 is 0. The predicted octanol–water partition coefficient (Wildman–Crippen LogP) is 3.15. The van der Waals surface area contributed by atoms with Crippen molar-refractivity contribution in [1.29, 1.82) is 0 Å². The van der Waals surface area contributed by atoms with E-state index in [1.807, 2.05) is 37.3 Å². The molecule has 0 aromatic heterocycles. The molecule has 0 saturated carbocycles. The summed E-state index contributed by atoms with van der Waals surface area (Å²) in [6.45, 7) is 3.72. The van der Waals surface area contributed by atoms with Crippen molar-refractivity contribution >= 4 is 0 Å². The van der Waals surface area contributed by atoms with Crippen LogP contribution in [0, 0.1) is 5.92 Å². The lowest BCUT2D eigenvalue weighted by molar-refractivity contribution is 0.0944. The summed E-state index contributed by atoms with van der Waals surface area (Å²) in [5, 5.41) is 3.50. The van der Waals surface area contributed by atoms with Crippen LogP contribution in [0.2, 0.25) is 0 Å².